The van der Waals surface area contributed by atoms with Gasteiger partial charge in [-0.25, -0.2) is 4.39 Å². The summed E-state index contributed by atoms with van der Waals surface area (Å²) >= 11 is 0. The molecule has 0 spiro atoms. The number of aliphatic hydroxyl groups excluding tert-OH is 1. The first-order valence-corrected chi connectivity index (χ1v) is 4.00. The maximum Gasteiger partial charge on any atom is 0.149 e. The average molecular weight is 199 g/mol. The maximum atomic E-state index is 12.5. The van der Waals surface area contributed by atoms with Crippen molar-refractivity contribution in [1.82, 2.24) is 0 Å². The quantitative estimate of drug-likeness (QED) is 0.603. The molecule has 0 radical (unpaired) electrons. The number of quaternary nitrogens is 1. The summed E-state index contributed by atoms with van der Waals surface area (Å²) in [4.78, 5) is 10.3. The number of rotatable bonds is 3. The number of carbonyl (C=O) groups excluding carboxylic acids is 1. The van der Waals surface area contributed by atoms with Crippen LogP contribution in [0, 0.1) is 5.82 Å². The Morgan fingerprint density at radius 2 is 1.93 bits per heavy atom. The Kier molecular flexibility index (Phi) is 3.16. The van der Waals surface area contributed by atoms with Crippen molar-refractivity contribution >= 4 is 5.97 Å². The zero-order valence-electron chi connectivity index (χ0n) is 7.31. The standard InChI is InChI=1S/C9H10FNO3/c10-6-3-1-5(2-4-6)7(11)8(12)9(13)14/h1-4,7-8,12H,11H2,(H,13,14)/t7-,8-/m0/s1. The zero-order chi connectivity index (χ0) is 10.7. The van der Waals surface area contributed by atoms with E-state index in [1.165, 1.54) is 24.3 Å². The second kappa shape index (κ2) is 4.17. The van der Waals surface area contributed by atoms with Gasteiger partial charge in [0.25, 0.3) is 0 Å². The number of aliphatic carboxylic acids is 1. The lowest BCUT2D eigenvalue weighted by Crippen LogP contribution is -2.62. The van der Waals surface area contributed by atoms with Gasteiger partial charge in [0, 0.05) is 5.56 Å². The third kappa shape index (κ3) is 2.27. The highest BCUT2D eigenvalue weighted by molar-refractivity contribution is 5.70. The van der Waals surface area contributed by atoms with Crippen LogP contribution in [0.3, 0.4) is 0 Å². The number of hydrogen-bond acceptors (Lipinski definition) is 3. The summed E-state index contributed by atoms with van der Waals surface area (Å²) in [6.45, 7) is 0. The number of aliphatic hydroxyl groups is 1. The maximum absolute atomic E-state index is 12.5. The molecule has 2 atom stereocenters. The summed E-state index contributed by atoms with van der Waals surface area (Å²) in [5, 5.41) is 19.4. The highest BCUT2D eigenvalue weighted by Gasteiger charge is 2.21. The smallest absolute Gasteiger partial charge is 0.149 e. The summed E-state index contributed by atoms with van der Waals surface area (Å²) < 4.78 is 12.5. The van der Waals surface area contributed by atoms with E-state index in [-0.39, 0.29) is 0 Å². The van der Waals surface area contributed by atoms with E-state index in [9.17, 15) is 14.3 Å². The Bertz CT molecular complexity index is 325. The molecule has 0 aliphatic rings. The first-order chi connectivity index (χ1) is 6.52. The first-order valence-electron chi connectivity index (χ1n) is 4.00. The molecule has 0 heterocycles. The number of benzene rings is 1. The van der Waals surface area contributed by atoms with Gasteiger partial charge in [0.15, 0.2) is 0 Å². The Balaban J connectivity index is 2.84. The summed E-state index contributed by atoms with van der Waals surface area (Å²) in [7, 11) is 0. The van der Waals surface area contributed by atoms with Gasteiger partial charge in [-0.15, -0.1) is 0 Å². The van der Waals surface area contributed by atoms with Crippen LogP contribution < -0.4 is 10.8 Å². The molecule has 0 amide bonds. The molecule has 1 aromatic carbocycles. The molecule has 4 N–H and O–H groups in total. The zero-order valence-corrected chi connectivity index (χ0v) is 7.31. The van der Waals surface area contributed by atoms with E-state index in [1.807, 2.05) is 0 Å². The van der Waals surface area contributed by atoms with Crippen LogP contribution in [0.15, 0.2) is 24.3 Å². The van der Waals surface area contributed by atoms with E-state index >= 15 is 0 Å². The van der Waals surface area contributed by atoms with Crippen molar-refractivity contribution in [2.75, 3.05) is 0 Å². The van der Waals surface area contributed by atoms with Gasteiger partial charge in [-0.05, 0) is 12.1 Å². The molecule has 0 aliphatic carbocycles. The normalized spacial score (nSPS) is 14.8. The number of carboxylic acid groups (broad SMARTS) is 1. The van der Waals surface area contributed by atoms with Gasteiger partial charge < -0.3 is 20.7 Å². The largest absolute Gasteiger partial charge is 0.547 e. The minimum absolute atomic E-state index is 0.427. The number of hydrogen-bond donors (Lipinski definition) is 2. The fourth-order valence-corrected chi connectivity index (χ4v) is 1.06. The molecular weight excluding hydrogens is 189 g/mol. The number of carbonyl (C=O) groups is 1. The van der Waals surface area contributed by atoms with E-state index in [0.717, 1.165) is 0 Å². The van der Waals surface area contributed by atoms with Gasteiger partial charge in [0.1, 0.15) is 18.0 Å². The second-order valence-electron chi connectivity index (χ2n) is 2.92. The molecule has 1 rings (SSSR count). The lowest BCUT2D eigenvalue weighted by Gasteiger charge is -2.16. The van der Waals surface area contributed by atoms with E-state index < -0.39 is 23.9 Å². The lowest BCUT2D eigenvalue weighted by atomic mass is 10.0. The molecule has 5 heteroatoms. The molecule has 14 heavy (non-hydrogen) atoms. The Morgan fingerprint density at radius 3 is 2.36 bits per heavy atom. The Labute approximate surface area is 79.8 Å². The predicted octanol–water partition coefficient (Wildman–Crippen LogP) is -1.78. The van der Waals surface area contributed by atoms with Crippen LogP contribution in [0.2, 0.25) is 0 Å². The molecule has 0 bridgehead atoms. The predicted molar refractivity (Wildman–Crippen MR) is 43.0 cm³/mol. The van der Waals surface area contributed by atoms with Crippen molar-refractivity contribution < 1.29 is 25.1 Å². The van der Waals surface area contributed by atoms with Crippen LogP contribution in [0.1, 0.15) is 11.6 Å². The molecule has 0 unspecified atom stereocenters. The SMILES string of the molecule is [NH3+][C@@H](c1ccc(F)cc1)[C@H](O)C(=O)[O-]. The van der Waals surface area contributed by atoms with Crippen molar-refractivity contribution in [3.63, 3.8) is 0 Å². The summed E-state index contributed by atoms with van der Waals surface area (Å²) in [6, 6.07) is 4.24. The summed E-state index contributed by atoms with van der Waals surface area (Å²) in [6.07, 6.45) is -1.68. The Hall–Kier alpha value is -1.46. The van der Waals surface area contributed by atoms with Gasteiger partial charge in [0.2, 0.25) is 0 Å². The molecule has 0 saturated heterocycles. The molecular formula is C9H10FNO3. The monoisotopic (exact) mass is 199 g/mol. The minimum atomic E-state index is -1.68. The van der Waals surface area contributed by atoms with Crippen molar-refractivity contribution in [2.45, 2.75) is 12.1 Å². The fraction of sp³-hybridized carbons (Fsp3) is 0.222. The van der Waals surface area contributed by atoms with Crippen LogP contribution >= 0.6 is 0 Å². The molecule has 76 valence electrons. The molecule has 4 nitrogen and oxygen atoms in total. The molecule has 0 aromatic heterocycles. The lowest BCUT2D eigenvalue weighted by molar-refractivity contribution is -0.448. The van der Waals surface area contributed by atoms with Gasteiger partial charge in [-0.1, -0.05) is 12.1 Å². The topological polar surface area (TPSA) is 88.0 Å². The highest BCUT2D eigenvalue weighted by atomic mass is 19.1. The first kappa shape index (κ1) is 10.6. The summed E-state index contributed by atoms with van der Waals surface area (Å²) in [5.41, 5.74) is 3.91. The van der Waals surface area contributed by atoms with Crippen LogP contribution in [0.25, 0.3) is 0 Å². The third-order valence-corrected chi connectivity index (χ3v) is 1.92. The van der Waals surface area contributed by atoms with Crippen molar-refractivity contribution in [3.05, 3.63) is 35.6 Å². The van der Waals surface area contributed by atoms with Crippen molar-refractivity contribution in [1.29, 1.82) is 0 Å². The summed E-state index contributed by atoms with van der Waals surface area (Å²) in [5.74, 6) is -2.02. The van der Waals surface area contributed by atoms with E-state index in [1.54, 1.807) is 0 Å². The van der Waals surface area contributed by atoms with E-state index in [2.05, 4.69) is 5.73 Å². The fourth-order valence-electron chi connectivity index (χ4n) is 1.06. The van der Waals surface area contributed by atoms with Crippen LogP contribution in [-0.2, 0) is 4.79 Å². The minimum Gasteiger partial charge on any atom is -0.547 e. The van der Waals surface area contributed by atoms with E-state index in [0.29, 0.717) is 5.56 Å². The van der Waals surface area contributed by atoms with Crippen LogP contribution in [-0.4, -0.2) is 17.2 Å². The van der Waals surface area contributed by atoms with Crippen molar-refractivity contribution in [2.24, 2.45) is 0 Å². The molecule has 0 saturated carbocycles. The van der Waals surface area contributed by atoms with Crippen LogP contribution in [0.4, 0.5) is 4.39 Å². The van der Waals surface area contributed by atoms with Gasteiger partial charge >= 0.3 is 0 Å². The Morgan fingerprint density at radius 1 is 1.43 bits per heavy atom. The molecule has 0 aliphatic heterocycles. The van der Waals surface area contributed by atoms with Crippen LogP contribution in [0.5, 0.6) is 0 Å². The molecule has 1 aromatic rings. The molecule has 0 fully saturated rings. The van der Waals surface area contributed by atoms with Gasteiger partial charge in [-0.2, -0.15) is 0 Å². The van der Waals surface area contributed by atoms with Gasteiger partial charge in [0.05, 0.1) is 5.97 Å². The highest BCUT2D eigenvalue weighted by Crippen LogP contribution is 2.12. The number of halogens is 1. The van der Waals surface area contributed by atoms with Gasteiger partial charge in [-0.3, -0.25) is 0 Å². The number of carboxylic acids is 1. The second-order valence-corrected chi connectivity index (χ2v) is 2.92. The van der Waals surface area contributed by atoms with Crippen molar-refractivity contribution in [3.8, 4) is 0 Å². The average Bonchev–Trinajstić information content (AvgIpc) is 2.16. The third-order valence-electron chi connectivity index (χ3n) is 1.92. The van der Waals surface area contributed by atoms with E-state index in [4.69, 9.17) is 5.11 Å².